The first kappa shape index (κ1) is 17.6. The minimum atomic E-state index is 0.619. The van der Waals surface area contributed by atoms with Crippen molar-refractivity contribution in [1.29, 1.82) is 0 Å². The first-order valence-electron chi connectivity index (χ1n) is 8.29. The SMILES string of the molecule is Cc1nc(N/N=C/c2ccc(N(C)C)cc2)cc(-c2c(C)noc2C)n1. The number of benzene rings is 1. The van der Waals surface area contributed by atoms with Gasteiger partial charge in [-0.2, -0.15) is 5.10 Å². The Bertz CT molecular complexity index is 908. The predicted octanol–water partition coefficient (Wildman–Crippen LogP) is 3.57. The van der Waals surface area contributed by atoms with Crippen molar-refractivity contribution in [3.8, 4) is 11.3 Å². The Labute approximate surface area is 152 Å². The summed E-state index contributed by atoms with van der Waals surface area (Å²) >= 11 is 0. The number of hydrogen-bond donors (Lipinski definition) is 1. The van der Waals surface area contributed by atoms with Gasteiger partial charge < -0.3 is 9.42 Å². The molecule has 7 heteroatoms. The lowest BCUT2D eigenvalue weighted by Gasteiger charge is -2.11. The molecule has 0 fully saturated rings. The molecule has 0 aliphatic heterocycles. The van der Waals surface area contributed by atoms with E-state index in [9.17, 15) is 0 Å². The van der Waals surface area contributed by atoms with Gasteiger partial charge in [-0.25, -0.2) is 9.97 Å². The molecule has 7 nitrogen and oxygen atoms in total. The summed E-state index contributed by atoms with van der Waals surface area (Å²) in [6.45, 7) is 5.61. The molecule has 3 aromatic rings. The number of nitrogens with zero attached hydrogens (tertiary/aromatic N) is 5. The lowest BCUT2D eigenvalue weighted by atomic mass is 10.1. The van der Waals surface area contributed by atoms with Crippen LogP contribution in [-0.4, -0.2) is 35.4 Å². The van der Waals surface area contributed by atoms with Crippen molar-refractivity contribution in [2.45, 2.75) is 20.8 Å². The van der Waals surface area contributed by atoms with Gasteiger partial charge in [-0.05, 0) is 38.5 Å². The van der Waals surface area contributed by atoms with Crippen LogP contribution in [0.3, 0.4) is 0 Å². The summed E-state index contributed by atoms with van der Waals surface area (Å²) in [7, 11) is 4.03. The van der Waals surface area contributed by atoms with Crippen LogP contribution < -0.4 is 10.3 Å². The van der Waals surface area contributed by atoms with Gasteiger partial charge in [0.05, 0.1) is 23.2 Å². The fourth-order valence-corrected chi connectivity index (χ4v) is 2.63. The summed E-state index contributed by atoms with van der Waals surface area (Å²) in [6.07, 6.45) is 1.76. The predicted molar refractivity (Wildman–Crippen MR) is 104 cm³/mol. The standard InChI is InChI=1S/C19H22N6O/c1-12-19(13(2)26-24-12)17-10-18(22-14(3)21-17)23-20-11-15-6-8-16(9-7-15)25(4)5/h6-11H,1-5H3,(H,21,22,23)/b20-11+. The van der Waals surface area contributed by atoms with Crippen LogP contribution in [0.4, 0.5) is 11.5 Å². The van der Waals surface area contributed by atoms with Gasteiger partial charge in [-0.15, -0.1) is 0 Å². The average molecular weight is 350 g/mol. The molecular formula is C19H22N6O. The molecule has 2 aromatic heterocycles. The molecule has 0 bridgehead atoms. The number of hydrogen-bond acceptors (Lipinski definition) is 7. The molecule has 26 heavy (non-hydrogen) atoms. The lowest BCUT2D eigenvalue weighted by molar-refractivity contribution is 0.393. The molecular weight excluding hydrogens is 328 g/mol. The molecule has 0 amide bonds. The van der Waals surface area contributed by atoms with Crippen molar-refractivity contribution in [3.05, 3.63) is 53.2 Å². The third-order valence-electron chi connectivity index (χ3n) is 3.93. The normalized spacial score (nSPS) is 11.1. The first-order chi connectivity index (χ1) is 12.4. The molecule has 2 heterocycles. The molecule has 1 aromatic carbocycles. The highest BCUT2D eigenvalue weighted by atomic mass is 16.5. The summed E-state index contributed by atoms with van der Waals surface area (Å²) in [5.74, 6) is 2.00. The fraction of sp³-hybridized carbons (Fsp3) is 0.263. The zero-order valence-electron chi connectivity index (χ0n) is 15.6. The van der Waals surface area contributed by atoms with E-state index in [0.29, 0.717) is 11.6 Å². The molecule has 0 atom stereocenters. The van der Waals surface area contributed by atoms with Gasteiger partial charge in [-0.1, -0.05) is 17.3 Å². The topological polar surface area (TPSA) is 79.4 Å². The second kappa shape index (κ2) is 7.35. The van der Waals surface area contributed by atoms with E-state index in [4.69, 9.17) is 4.52 Å². The van der Waals surface area contributed by atoms with E-state index in [-0.39, 0.29) is 0 Å². The molecule has 0 aliphatic carbocycles. The van der Waals surface area contributed by atoms with Crippen molar-refractivity contribution in [3.63, 3.8) is 0 Å². The molecule has 0 aliphatic rings. The van der Waals surface area contributed by atoms with Crippen molar-refractivity contribution < 1.29 is 4.52 Å². The number of hydrazone groups is 1. The number of nitrogens with one attached hydrogen (secondary N) is 1. The molecule has 0 radical (unpaired) electrons. The van der Waals surface area contributed by atoms with E-state index in [2.05, 4.69) is 30.6 Å². The maximum absolute atomic E-state index is 5.23. The molecule has 1 N–H and O–H groups in total. The van der Waals surface area contributed by atoms with Crippen molar-refractivity contribution in [2.24, 2.45) is 5.10 Å². The van der Waals surface area contributed by atoms with Gasteiger partial charge >= 0.3 is 0 Å². The van der Waals surface area contributed by atoms with Crippen LogP contribution in [0.5, 0.6) is 0 Å². The van der Waals surface area contributed by atoms with Crippen LogP contribution >= 0.6 is 0 Å². The van der Waals surface area contributed by atoms with E-state index < -0.39 is 0 Å². The zero-order chi connectivity index (χ0) is 18.7. The zero-order valence-corrected chi connectivity index (χ0v) is 15.6. The van der Waals surface area contributed by atoms with E-state index >= 15 is 0 Å². The first-order valence-corrected chi connectivity index (χ1v) is 8.29. The summed E-state index contributed by atoms with van der Waals surface area (Å²) in [5.41, 5.74) is 7.57. The van der Waals surface area contributed by atoms with Gasteiger partial charge in [0.15, 0.2) is 0 Å². The molecule has 134 valence electrons. The highest BCUT2D eigenvalue weighted by Crippen LogP contribution is 2.26. The van der Waals surface area contributed by atoms with Crippen LogP contribution in [0.15, 0.2) is 40.0 Å². The Morgan fingerprint density at radius 1 is 1.08 bits per heavy atom. The van der Waals surface area contributed by atoms with Gasteiger partial charge in [-0.3, -0.25) is 5.43 Å². The van der Waals surface area contributed by atoms with Gasteiger partial charge in [0.25, 0.3) is 0 Å². The third kappa shape index (κ3) is 3.88. The Morgan fingerprint density at radius 3 is 2.42 bits per heavy atom. The van der Waals surface area contributed by atoms with E-state index in [0.717, 1.165) is 34.0 Å². The molecule has 0 saturated heterocycles. The average Bonchev–Trinajstić information content (AvgIpc) is 2.93. The number of aryl methyl sites for hydroxylation is 3. The van der Waals surface area contributed by atoms with E-state index in [1.807, 2.05) is 65.2 Å². The van der Waals surface area contributed by atoms with Crippen LogP contribution in [0.1, 0.15) is 22.8 Å². The largest absolute Gasteiger partial charge is 0.378 e. The summed E-state index contributed by atoms with van der Waals surface area (Å²) in [5, 5.41) is 8.26. The molecule has 0 unspecified atom stereocenters. The van der Waals surface area contributed by atoms with Crippen molar-refractivity contribution in [2.75, 3.05) is 24.4 Å². The van der Waals surface area contributed by atoms with Gasteiger partial charge in [0, 0.05) is 25.8 Å². The number of anilines is 2. The minimum absolute atomic E-state index is 0.619. The maximum atomic E-state index is 5.23. The molecule has 0 spiro atoms. The second-order valence-electron chi connectivity index (χ2n) is 6.24. The Morgan fingerprint density at radius 2 is 1.81 bits per heavy atom. The summed E-state index contributed by atoms with van der Waals surface area (Å²) in [4.78, 5) is 10.9. The Hall–Kier alpha value is -3.22. The highest BCUT2D eigenvalue weighted by Gasteiger charge is 2.14. The van der Waals surface area contributed by atoms with Crippen molar-refractivity contribution in [1.82, 2.24) is 15.1 Å². The molecule has 0 saturated carbocycles. The smallest absolute Gasteiger partial charge is 0.150 e. The Kier molecular flexibility index (Phi) is 4.97. The third-order valence-corrected chi connectivity index (χ3v) is 3.93. The van der Waals surface area contributed by atoms with Crippen LogP contribution in [0, 0.1) is 20.8 Å². The Balaban J connectivity index is 1.78. The van der Waals surface area contributed by atoms with Gasteiger partial charge in [0.1, 0.15) is 17.4 Å². The molecule has 3 rings (SSSR count). The van der Waals surface area contributed by atoms with Crippen LogP contribution in [0.25, 0.3) is 11.3 Å². The lowest BCUT2D eigenvalue weighted by Crippen LogP contribution is -2.08. The second-order valence-corrected chi connectivity index (χ2v) is 6.24. The minimum Gasteiger partial charge on any atom is -0.378 e. The summed E-state index contributed by atoms with van der Waals surface area (Å²) in [6, 6.07) is 9.96. The summed E-state index contributed by atoms with van der Waals surface area (Å²) < 4.78 is 5.23. The fourth-order valence-electron chi connectivity index (χ4n) is 2.63. The van der Waals surface area contributed by atoms with Gasteiger partial charge in [0.2, 0.25) is 0 Å². The highest BCUT2D eigenvalue weighted by molar-refractivity contribution is 5.81. The quantitative estimate of drug-likeness (QED) is 0.560. The van der Waals surface area contributed by atoms with E-state index in [1.54, 1.807) is 6.21 Å². The van der Waals surface area contributed by atoms with E-state index in [1.165, 1.54) is 0 Å². The monoisotopic (exact) mass is 350 g/mol. The number of aromatic nitrogens is 3. The van der Waals surface area contributed by atoms with Crippen LogP contribution in [-0.2, 0) is 0 Å². The number of rotatable bonds is 5. The van der Waals surface area contributed by atoms with Crippen molar-refractivity contribution >= 4 is 17.7 Å². The maximum Gasteiger partial charge on any atom is 0.150 e. The van der Waals surface area contributed by atoms with Crippen LogP contribution in [0.2, 0.25) is 0 Å².